The van der Waals surface area contributed by atoms with Crippen LogP contribution in [-0.2, 0) is 11.2 Å². The lowest BCUT2D eigenvalue weighted by Crippen LogP contribution is -2.31. The molecule has 0 aliphatic carbocycles. The first-order valence-electron chi connectivity index (χ1n) is 6.42. The molecule has 0 aliphatic heterocycles. The molecule has 0 heterocycles. The van der Waals surface area contributed by atoms with E-state index in [1.807, 2.05) is 30.3 Å². The van der Waals surface area contributed by atoms with Crippen LogP contribution in [0.5, 0.6) is 5.75 Å². The van der Waals surface area contributed by atoms with E-state index < -0.39 is 6.04 Å². The van der Waals surface area contributed by atoms with Crippen LogP contribution in [0.3, 0.4) is 0 Å². The molecule has 1 amide bonds. The van der Waals surface area contributed by atoms with Crippen molar-refractivity contribution in [2.75, 3.05) is 6.61 Å². The van der Waals surface area contributed by atoms with Crippen molar-refractivity contribution in [3.63, 3.8) is 0 Å². The summed E-state index contributed by atoms with van der Waals surface area (Å²) in [6, 6.07) is 15.5. The van der Waals surface area contributed by atoms with Crippen molar-refractivity contribution in [3.8, 4) is 5.75 Å². The van der Waals surface area contributed by atoms with E-state index in [-0.39, 0.29) is 24.7 Å². The summed E-state index contributed by atoms with van der Waals surface area (Å²) in [4.78, 5) is 12.0. The highest BCUT2D eigenvalue weighted by Crippen LogP contribution is 2.14. The van der Waals surface area contributed by atoms with Crippen LogP contribution in [0.15, 0.2) is 54.6 Å². The fourth-order valence-corrected chi connectivity index (χ4v) is 2.02. The summed E-state index contributed by atoms with van der Waals surface area (Å²) in [5, 5.41) is 21.5. The van der Waals surface area contributed by atoms with Crippen molar-refractivity contribution in [1.29, 1.82) is 0 Å². The zero-order chi connectivity index (χ0) is 14.4. The largest absolute Gasteiger partial charge is 0.508 e. The third-order valence-electron chi connectivity index (χ3n) is 2.99. The Kier molecular flexibility index (Phi) is 4.74. The third kappa shape index (κ3) is 3.83. The first kappa shape index (κ1) is 14.1. The highest BCUT2D eigenvalue weighted by molar-refractivity contribution is 5.79. The SMILES string of the molecule is O=C(Cc1cccc(O)c1)N[C@H](CO)c1ccccc1. The van der Waals surface area contributed by atoms with Crippen LogP contribution in [0.1, 0.15) is 17.2 Å². The van der Waals surface area contributed by atoms with Gasteiger partial charge in [-0.3, -0.25) is 4.79 Å². The average Bonchev–Trinajstić information content (AvgIpc) is 2.45. The van der Waals surface area contributed by atoms with Gasteiger partial charge in [0, 0.05) is 0 Å². The summed E-state index contributed by atoms with van der Waals surface area (Å²) in [7, 11) is 0. The van der Waals surface area contributed by atoms with Gasteiger partial charge in [0.1, 0.15) is 5.75 Å². The second kappa shape index (κ2) is 6.73. The Morgan fingerprint density at radius 3 is 2.50 bits per heavy atom. The second-order valence-corrected chi connectivity index (χ2v) is 4.56. The monoisotopic (exact) mass is 271 g/mol. The van der Waals surface area contributed by atoms with E-state index in [0.717, 1.165) is 11.1 Å². The zero-order valence-electron chi connectivity index (χ0n) is 11.0. The summed E-state index contributed by atoms with van der Waals surface area (Å²) in [6.45, 7) is -0.157. The van der Waals surface area contributed by atoms with E-state index in [0.29, 0.717) is 0 Å². The molecule has 2 rings (SSSR count). The maximum Gasteiger partial charge on any atom is 0.224 e. The number of hydrogen-bond acceptors (Lipinski definition) is 3. The molecule has 104 valence electrons. The summed E-state index contributed by atoms with van der Waals surface area (Å²) in [6.07, 6.45) is 0.164. The van der Waals surface area contributed by atoms with Gasteiger partial charge in [-0.1, -0.05) is 42.5 Å². The minimum absolute atomic E-state index is 0.136. The lowest BCUT2D eigenvalue weighted by Gasteiger charge is -2.16. The fraction of sp³-hybridized carbons (Fsp3) is 0.188. The van der Waals surface area contributed by atoms with Gasteiger partial charge in [0.25, 0.3) is 0 Å². The Balaban J connectivity index is 2.00. The molecule has 2 aromatic rings. The van der Waals surface area contributed by atoms with Gasteiger partial charge in [-0.25, -0.2) is 0 Å². The highest BCUT2D eigenvalue weighted by Gasteiger charge is 2.13. The molecule has 3 N–H and O–H groups in total. The molecule has 4 nitrogen and oxygen atoms in total. The summed E-state index contributed by atoms with van der Waals surface area (Å²) in [5.74, 6) is -0.0597. The maximum absolute atomic E-state index is 12.0. The fourth-order valence-electron chi connectivity index (χ4n) is 2.02. The van der Waals surface area contributed by atoms with E-state index in [4.69, 9.17) is 0 Å². The minimum atomic E-state index is -0.416. The van der Waals surface area contributed by atoms with Crippen LogP contribution in [0.2, 0.25) is 0 Å². The molecule has 20 heavy (non-hydrogen) atoms. The molecular weight excluding hydrogens is 254 g/mol. The molecular formula is C16H17NO3. The number of aliphatic hydroxyl groups is 1. The van der Waals surface area contributed by atoms with Gasteiger partial charge in [-0.2, -0.15) is 0 Å². The van der Waals surface area contributed by atoms with Crippen LogP contribution in [0.25, 0.3) is 0 Å². The number of nitrogens with one attached hydrogen (secondary N) is 1. The van der Waals surface area contributed by atoms with Crippen molar-refractivity contribution in [3.05, 3.63) is 65.7 Å². The minimum Gasteiger partial charge on any atom is -0.508 e. The van der Waals surface area contributed by atoms with Gasteiger partial charge in [-0.05, 0) is 23.3 Å². The number of phenolic OH excluding ortho intramolecular Hbond substituents is 1. The normalized spacial score (nSPS) is 11.8. The number of hydrogen-bond donors (Lipinski definition) is 3. The molecule has 0 spiro atoms. The number of rotatable bonds is 5. The van der Waals surface area contributed by atoms with Crippen LogP contribution < -0.4 is 5.32 Å². The molecule has 0 aliphatic rings. The van der Waals surface area contributed by atoms with Crippen molar-refractivity contribution < 1.29 is 15.0 Å². The number of carbonyl (C=O) groups excluding carboxylic acids is 1. The van der Waals surface area contributed by atoms with E-state index in [1.165, 1.54) is 0 Å². The standard InChI is InChI=1S/C16H17NO3/c18-11-15(13-6-2-1-3-7-13)17-16(20)10-12-5-4-8-14(19)9-12/h1-9,15,18-19H,10-11H2,(H,17,20)/t15-/m1/s1. The Labute approximate surface area is 117 Å². The quantitative estimate of drug-likeness (QED) is 0.776. The highest BCUT2D eigenvalue weighted by atomic mass is 16.3. The summed E-state index contributed by atoms with van der Waals surface area (Å²) < 4.78 is 0. The predicted octanol–water partition coefficient (Wildman–Crippen LogP) is 1.78. The van der Waals surface area contributed by atoms with Crippen LogP contribution in [-0.4, -0.2) is 22.7 Å². The topological polar surface area (TPSA) is 69.6 Å². The number of amides is 1. The van der Waals surface area contributed by atoms with Crippen LogP contribution in [0.4, 0.5) is 0 Å². The van der Waals surface area contributed by atoms with Crippen LogP contribution >= 0.6 is 0 Å². The van der Waals surface area contributed by atoms with Gasteiger partial charge in [0.2, 0.25) is 5.91 Å². The van der Waals surface area contributed by atoms with Gasteiger partial charge < -0.3 is 15.5 Å². The Morgan fingerprint density at radius 2 is 1.85 bits per heavy atom. The average molecular weight is 271 g/mol. The summed E-state index contributed by atoms with van der Waals surface area (Å²) >= 11 is 0. The number of aliphatic hydroxyl groups excluding tert-OH is 1. The first-order valence-corrected chi connectivity index (χ1v) is 6.42. The summed E-state index contributed by atoms with van der Waals surface area (Å²) in [5.41, 5.74) is 1.59. The second-order valence-electron chi connectivity index (χ2n) is 4.56. The molecule has 0 saturated carbocycles. The van der Waals surface area contributed by atoms with E-state index in [9.17, 15) is 15.0 Å². The van der Waals surface area contributed by atoms with Crippen molar-refractivity contribution in [1.82, 2.24) is 5.32 Å². The number of benzene rings is 2. The number of phenols is 1. The predicted molar refractivity (Wildman–Crippen MR) is 76.2 cm³/mol. The molecule has 0 unspecified atom stereocenters. The maximum atomic E-state index is 12.0. The zero-order valence-corrected chi connectivity index (χ0v) is 11.0. The number of carbonyl (C=O) groups is 1. The lowest BCUT2D eigenvalue weighted by atomic mass is 10.1. The Bertz CT molecular complexity index is 569. The first-order chi connectivity index (χ1) is 9.69. The molecule has 0 saturated heterocycles. The number of aromatic hydroxyl groups is 1. The molecule has 0 radical (unpaired) electrons. The molecule has 1 atom stereocenters. The lowest BCUT2D eigenvalue weighted by molar-refractivity contribution is -0.121. The van der Waals surface area contributed by atoms with Crippen molar-refractivity contribution in [2.45, 2.75) is 12.5 Å². The van der Waals surface area contributed by atoms with E-state index in [2.05, 4.69) is 5.32 Å². The van der Waals surface area contributed by atoms with Gasteiger partial charge in [0.05, 0.1) is 19.1 Å². The Morgan fingerprint density at radius 1 is 1.10 bits per heavy atom. The smallest absolute Gasteiger partial charge is 0.224 e. The third-order valence-corrected chi connectivity index (χ3v) is 2.99. The van der Waals surface area contributed by atoms with E-state index in [1.54, 1.807) is 24.3 Å². The van der Waals surface area contributed by atoms with Crippen LogP contribution in [0, 0.1) is 0 Å². The molecule has 4 heteroatoms. The van der Waals surface area contributed by atoms with Crippen molar-refractivity contribution >= 4 is 5.91 Å². The molecule has 2 aromatic carbocycles. The van der Waals surface area contributed by atoms with Crippen molar-refractivity contribution in [2.24, 2.45) is 0 Å². The van der Waals surface area contributed by atoms with E-state index >= 15 is 0 Å². The van der Waals surface area contributed by atoms with Gasteiger partial charge in [0.15, 0.2) is 0 Å². The molecule has 0 fully saturated rings. The molecule has 0 aromatic heterocycles. The molecule has 0 bridgehead atoms. The Hall–Kier alpha value is -2.33. The van der Waals surface area contributed by atoms with Gasteiger partial charge in [-0.15, -0.1) is 0 Å². The van der Waals surface area contributed by atoms with Gasteiger partial charge >= 0.3 is 0 Å².